The zero-order valence-corrected chi connectivity index (χ0v) is 12.9. The highest BCUT2D eigenvalue weighted by atomic mass is 32.2. The van der Waals surface area contributed by atoms with Gasteiger partial charge in [0, 0.05) is 34.8 Å². The molecule has 0 heterocycles. The Hall–Kier alpha value is -2.85. The summed E-state index contributed by atoms with van der Waals surface area (Å²) < 4.78 is 0. The van der Waals surface area contributed by atoms with Crippen LogP contribution in [-0.4, -0.2) is 16.6 Å². The number of carbonyl (C=O) groups excluding carboxylic acids is 1. The molecule has 6 nitrogen and oxygen atoms in total. The first kappa shape index (κ1) is 16.5. The number of nitrogens with zero attached hydrogens (tertiary/aromatic N) is 2. The van der Waals surface area contributed by atoms with Crippen LogP contribution in [0.5, 0.6) is 0 Å². The van der Waals surface area contributed by atoms with Crippen molar-refractivity contribution in [2.75, 3.05) is 11.1 Å². The molecule has 0 unspecified atom stereocenters. The van der Waals surface area contributed by atoms with Gasteiger partial charge in [0.15, 0.2) is 0 Å². The molecule has 116 valence electrons. The van der Waals surface area contributed by atoms with E-state index < -0.39 is 4.92 Å². The van der Waals surface area contributed by atoms with Gasteiger partial charge in [0.1, 0.15) is 0 Å². The minimum absolute atomic E-state index is 0.0611. The van der Waals surface area contributed by atoms with E-state index in [2.05, 4.69) is 11.4 Å². The Morgan fingerprint density at radius 2 is 1.91 bits per heavy atom. The minimum Gasteiger partial charge on any atom is -0.321 e. The molecular weight excluding hydrogens is 314 g/mol. The van der Waals surface area contributed by atoms with Gasteiger partial charge < -0.3 is 5.32 Å². The minimum atomic E-state index is -0.511. The molecule has 0 fully saturated rings. The van der Waals surface area contributed by atoms with Gasteiger partial charge in [-0.05, 0) is 24.3 Å². The van der Waals surface area contributed by atoms with Crippen LogP contribution in [-0.2, 0) is 0 Å². The van der Waals surface area contributed by atoms with Gasteiger partial charge in [-0.2, -0.15) is 5.26 Å². The highest BCUT2D eigenvalue weighted by Gasteiger charge is 2.11. The summed E-state index contributed by atoms with van der Waals surface area (Å²) in [5.74, 6) is 0.300. The Kier molecular flexibility index (Phi) is 5.72. The lowest BCUT2D eigenvalue weighted by molar-refractivity contribution is -0.384. The van der Waals surface area contributed by atoms with Crippen LogP contribution in [0, 0.1) is 21.4 Å². The SMILES string of the molecule is N#CCCSc1ccccc1NC(=O)c1ccc([N+](=O)[O-])cc1. The lowest BCUT2D eigenvalue weighted by Gasteiger charge is -2.10. The van der Waals surface area contributed by atoms with E-state index in [1.54, 1.807) is 12.1 Å². The van der Waals surface area contributed by atoms with Gasteiger partial charge in [-0.1, -0.05) is 12.1 Å². The van der Waals surface area contributed by atoms with E-state index in [4.69, 9.17) is 5.26 Å². The summed E-state index contributed by atoms with van der Waals surface area (Å²) in [5, 5.41) is 22.0. The first-order chi connectivity index (χ1) is 11.1. The van der Waals surface area contributed by atoms with Crippen molar-refractivity contribution < 1.29 is 9.72 Å². The average molecular weight is 327 g/mol. The maximum Gasteiger partial charge on any atom is 0.269 e. The number of benzene rings is 2. The number of rotatable bonds is 6. The van der Waals surface area contributed by atoms with Crippen LogP contribution in [0.15, 0.2) is 53.4 Å². The number of hydrogen-bond acceptors (Lipinski definition) is 5. The largest absolute Gasteiger partial charge is 0.321 e. The fourth-order valence-corrected chi connectivity index (χ4v) is 2.69. The van der Waals surface area contributed by atoms with Crippen LogP contribution in [0.2, 0.25) is 0 Å². The fraction of sp³-hybridized carbons (Fsp3) is 0.125. The summed E-state index contributed by atoms with van der Waals surface area (Å²) in [6.45, 7) is 0. The van der Waals surface area contributed by atoms with Gasteiger partial charge >= 0.3 is 0 Å². The number of nitrogens with one attached hydrogen (secondary N) is 1. The zero-order valence-electron chi connectivity index (χ0n) is 12.1. The van der Waals surface area contributed by atoms with Crippen molar-refractivity contribution in [3.63, 3.8) is 0 Å². The summed E-state index contributed by atoms with van der Waals surface area (Å²) >= 11 is 1.49. The molecule has 0 aliphatic carbocycles. The molecule has 2 aromatic rings. The van der Waals surface area contributed by atoms with E-state index in [-0.39, 0.29) is 11.6 Å². The highest BCUT2D eigenvalue weighted by Crippen LogP contribution is 2.27. The van der Waals surface area contributed by atoms with Crippen molar-refractivity contribution in [2.45, 2.75) is 11.3 Å². The fourth-order valence-electron chi connectivity index (χ4n) is 1.83. The molecule has 1 amide bonds. The monoisotopic (exact) mass is 327 g/mol. The van der Waals surface area contributed by atoms with Crippen molar-refractivity contribution in [1.29, 1.82) is 5.26 Å². The van der Waals surface area contributed by atoms with Crippen LogP contribution in [0.4, 0.5) is 11.4 Å². The number of nitriles is 1. The number of carbonyl (C=O) groups is 1. The van der Waals surface area contributed by atoms with Gasteiger partial charge in [-0.25, -0.2) is 0 Å². The number of anilines is 1. The Morgan fingerprint density at radius 3 is 2.57 bits per heavy atom. The van der Waals surface area contributed by atoms with Crippen LogP contribution in [0.1, 0.15) is 16.8 Å². The molecule has 0 atom stereocenters. The van der Waals surface area contributed by atoms with Crippen LogP contribution >= 0.6 is 11.8 Å². The first-order valence-corrected chi connectivity index (χ1v) is 7.75. The smallest absolute Gasteiger partial charge is 0.269 e. The van der Waals surface area contributed by atoms with Crippen LogP contribution in [0.3, 0.4) is 0 Å². The van der Waals surface area contributed by atoms with Crippen molar-refractivity contribution in [1.82, 2.24) is 0 Å². The number of nitro groups is 1. The zero-order chi connectivity index (χ0) is 16.7. The van der Waals surface area contributed by atoms with Gasteiger partial charge in [0.25, 0.3) is 11.6 Å². The van der Waals surface area contributed by atoms with Crippen LogP contribution < -0.4 is 5.32 Å². The quantitative estimate of drug-likeness (QED) is 0.376. The predicted octanol–water partition coefficient (Wildman–Crippen LogP) is 3.85. The maximum absolute atomic E-state index is 12.2. The van der Waals surface area contributed by atoms with Crippen molar-refractivity contribution in [2.24, 2.45) is 0 Å². The molecule has 0 aliphatic rings. The molecule has 0 radical (unpaired) electrons. The summed E-state index contributed by atoms with van der Waals surface area (Å²) in [5.41, 5.74) is 0.931. The Morgan fingerprint density at radius 1 is 1.22 bits per heavy atom. The predicted molar refractivity (Wildman–Crippen MR) is 88.4 cm³/mol. The first-order valence-electron chi connectivity index (χ1n) is 6.76. The summed E-state index contributed by atoms with van der Waals surface area (Å²) in [6, 6.07) is 14.8. The molecule has 7 heteroatoms. The van der Waals surface area contributed by atoms with E-state index >= 15 is 0 Å². The van der Waals surface area contributed by atoms with E-state index in [0.29, 0.717) is 23.4 Å². The Bertz CT molecular complexity index is 754. The normalized spacial score (nSPS) is 9.87. The number of thioether (sulfide) groups is 1. The number of para-hydroxylation sites is 1. The van der Waals surface area contributed by atoms with Crippen molar-refractivity contribution in [3.8, 4) is 6.07 Å². The number of hydrogen-bond donors (Lipinski definition) is 1. The standard InChI is InChI=1S/C16H13N3O3S/c17-10-3-11-23-15-5-2-1-4-14(15)18-16(20)12-6-8-13(9-7-12)19(21)22/h1-2,4-9H,3,11H2,(H,18,20). The molecule has 1 N–H and O–H groups in total. The third-order valence-electron chi connectivity index (χ3n) is 2.95. The molecule has 0 spiro atoms. The molecule has 2 rings (SSSR count). The summed E-state index contributed by atoms with van der Waals surface area (Å²) in [6.07, 6.45) is 0.426. The van der Waals surface area contributed by atoms with Gasteiger partial charge in [0.2, 0.25) is 0 Å². The topological polar surface area (TPSA) is 96.0 Å². The van der Waals surface area contributed by atoms with E-state index in [1.807, 2.05) is 12.1 Å². The molecular formula is C16H13N3O3S. The average Bonchev–Trinajstić information content (AvgIpc) is 2.56. The Labute approximate surface area is 137 Å². The summed E-state index contributed by atoms with van der Waals surface area (Å²) in [4.78, 5) is 23.2. The van der Waals surface area contributed by atoms with E-state index in [0.717, 1.165) is 4.90 Å². The van der Waals surface area contributed by atoms with E-state index in [9.17, 15) is 14.9 Å². The summed E-state index contributed by atoms with van der Waals surface area (Å²) in [7, 11) is 0. The third-order valence-corrected chi connectivity index (χ3v) is 4.02. The number of amides is 1. The number of nitro benzene ring substituents is 1. The second-order valence-electron chi connectivity index (χ2n) is 4.51. The molecule has 0 bridgehead atoms. The van der Waals surface area contributed by atoms with Crippen LogP contribution in [0.25, 0.3) is 0 Å². The third kappa shape index (κ3) is 4.56. The molecule has 2 aromatic carbocycles. The van der Waals surface area contributed by atoms with Gasteiger partial charge in [-0.3, -0.25) is 14.9 Å². The molecule has 23 heavy (non-hydrogen) atoms. The molecule has 0 saturated heterocycles. The maximum atomic E-state index is 12.2. The molecule has 0 saturated carbocycles. The second kappa shape index (κ2) is 7.96. The lowest BCUT2D eigenvalue weighted by Crippen LogP contribution is -2.12. The number of non-ortho nitro benzene ring substituents is 1. The van der Waals surface area contributed by atoms with Crippen molar-refractivity contribution in [3.05, 3.63) is 64.2 Å². The molecule has 0 aliphatic heterocycles. The molecule has 0 aromatic heterocycles. The van der Waals surface area contributed by atoms with Gasteiger partial charge in [-0.15, -0.1) is 11.8 Å². The van der Waals surface area contributed by atoms with Gasteiger partial charge in [0.05, 0.1) is 16.7 Å². The van der Waals surface area contributed by atoms with E-state index in [1.165, 1.54) is 36.0 Å². The highest BCUT2D eigenvalue weighted by molar-refractivity contribution is 7.99. The van der Waals surface area contributed by atoms with Crippen molar-refractivity contribution >= 4 is 29.0 Å². The Balaban J connectivity index is 2.10. The second-order valence-corrected chi connectivity index (χ2v) is 5.65. The lowest BCUT2D eigenvalue weighted by atomic mass is 10.2.